The van der Waals surface area contributed by atoms with Crippen molar-refractivity contribution >= 4 is 5.78 Å². The lowest BCUT2D eigenvalue weighted by Crippen LogP contribution is -2.26. The van der Waals surface area contributed by atoms with Gasteiger partial charge in [0.15, 0.2) is 5.78 Å². The molecule has 0 N–H and O–H groups in total. The Labute approximate surface area is 138 Å². The molecule has 5 heteroatoms. The maximum absolute atomic E-state index is 14.3. The Bertz CT molecular complexity index is 830. The number of ketones is 1. The highest BCUT2D eigenvalue weighted by Gasteiger charge is 2.36. The fourth-order valence-electron chi connectivity index (χ4n) is 3.30. The average molecular weight is 329 g/mol. The van der Waals surface area contributed by atoms with Gasteiger partial charge in [0.1, 0.15) is 23.4 Å². The van der Waals surface area contributed by atoms with E-state index in [1.165, 1.54) is 19.1 Å². The number of halogens is 2. The second-order valence-corrected chi connectivity index (χ2v) is 6.55. The zero-order valence-corrected chi connectivity index (χ0v) is 13.3. The Hall–Kier alpha value is -2.30. The number of Topliss-reactive ketones (excluding diaryl/α,β-unsaturated/α-hetero) is 1. The summed E-state index contributed by atoms with van der Waals surface area (Å²) < 4.78 is 33.5. The number of carbonyl (C=O) groups excluding carboxylic acids is 1. The maximum atomic E-state index is 14.3. The van der Waals surface area contributed by atoms with Gasteiger partial charge < -0.3 is 4.74 Å². The van der Waals surface area contributed by atoms with Crippen molar-refractivity contribution in [1.29, 1.82) is 0 Å². The van der Waals surface area contributed by atoms with Crippen LogP contribution in [0.15, 0.2) is 24.3 Å². The van der Waals surface area contributed by atoms with Crippen molar-refractivity contribution in [3.05, 3.63) is 47.2 Å². The van der Waals surface area contributed by atoms with Gasteiger partial charge in [0.25, 0.3) is 0 Å². The van der Waals surface area contributed by atoms with Crippen molar-refractivity contribution in [3.63, 3.8) is 0 Å². The molecule has 1 aliphatic carbocycles. The van der Waals surface area contributed by atoms with E-state index in [4.69, 9.17) is 4.74 Å². The summed E-state index contributed by atoms with van der Waals surface area (Å²) in [6, 6.07) is 5.05. The zero-order valence-electron chi connectivity index (χ0n) is 13.3. The summed E-state index contributed by atoms with van der Waals surface area (Å²) in [5.74, 6) is -0.506. The van der Waals surface area contributed by atoms with Gasteiger partial charge in [0.05, 0.1) is 0 Å². The lowest BCUT2D eigenvalue weighted by Gasteiger charge is -2.27. The first-order chi connectivity index (χ1) is 11.5. The topological polar surface area (TPSA) is 39.2 Å². The van der Waals surface area contributed by atoms with Crippen LogP contribution < -0.4 is 4.74 Å². The van der Waals surface area contributed by atoms with Crippen LogP contribution in [-0.2, 0) is 6.42 Å². The van der Waals surface area contributed by atoms with E-state index < -0.39 is 11.6 Å². The van der Waals surface area contributed by atoms with E-state index in [9.17, 15) is 13.6 Å². The Morgan fingerprint density at radius 2 is 1.96 bits per heavy atom. The third kappa shape index (κ3) is 2.68. The molecule has 1 aromatic carbocycles. The van der Waals surface area contributed by atoms with Crippen LogP contribution in [-0.4, -0.2) is 16.9 Å². The number of pyridine rings is 1. The molecule has 0 saturated heterocycles. The fourth-order valence-corrected chi connectivity index (χ4v) is 3.30. The molecule has 2 aromatic rings. The van der Waals surface area contributed by atoms with Crippen LogP contribution in [0.5, 0.6) is 5.88 Å². The number of fused-ring (bicyclic) bond motifs is 1. The van der Waals surface area contributed by atoms with E-state index in [1.54, 1.807) is 6.07 Å². The van der Waals surface area contributed by atoms with E-state index in [-0.39, 0.29) is 23.1 Å². The zero-order chi connectivity index (χ0) is 16.8. The smallest absolute Gasteiger partial charge is 0.218 e. The van der Waals surface area contributed by atoms with Gasteiger partial charge in [-0.15, -0.1) is 0 Å². The maximum Gasteiger partial charge on any atom is 0.218 e. The van der Waals surface area contributed by atoms with Gasteiger partial charge in [-0.3, -0.25) is 4.79 Å². The number of benzene rings is 1. The molecular weight excluding hydrogens is 312 g/mol. The van der Waals surface area contributed by atoms with Crippen molar-refractivity contribution in [2.24, 2.45) is 5.92 Å². The van der Waals surface area contributed by atoms with Gasteiger partial charge in [-0.05, 0) is 55.4 Å². The van der Waals surface area contributed by atoms with E-state index >= 15 is 0 Å². The third-order valence-corrected chi connectivity index (χ3v) is 4.76. The standard InChI is InChI=1S/C19H17F2NO2/c1-10(23)17-9-15(13-5-4-12(20)8-16(13)21)14-6-7-18(11-2-3-11)24-19(14)22-17/h4-5,8-9,11,18H,2-3,6-7H2,1H3/t18-/m0/s1. The van der Waals surface area contributed by atoms with Crippen molar-refractivity contribution in [2.45, 2.75) is 38.7 Å². The first kappa shape index (κ1) is 15.2. The summed E-state index contributed by atoms with van der Waals surface area (Å²) in [7, 11) is 0. The van der Waals surface area contributed by atoms with E-state index in [2.05, 4.69) is 4.98 Å². The number of hydrogen-bond donors (Lipinski definition) is 0. The lowest BCUT2D eigenvalue weighted by atomic mass is 9.92. The minimum absolute atomic E-state index is 0.123. The summed E-state index contributed by atoms with van der Waals surface area (Å²) >= 11 is 0. The van der Waals surface area contributed by atoms with E-state index in [1.807, 2.05) is 0 Å². The van der Waals surface area contributed by atoms with Crippen molar-refractivity contribution in [1.82, 2.24) is 4.98 Å². The second kappa shape index (κ2) is 5.65. The van der Waals surface area contributed by atoms with Crippen LogP contribution in [0.2, 0.25) is 0 Å². The molecule has 3 nitrogen and oxygen atoms in total. The summed E-state index contributed by atoms with van der Waals surface area (Å²) in [6.07, 6.45) is 4.01. The molecule has 0 unspecified atom stereocenters. The first-order valence-electron chi connectivity index (χ1n) is 8.20. The molecular formula is C19H17F2NO2. The number of rotatable bonds is 3. The minimum atomic E-state index is -0.651. The van der Waals surface area contributed by atoms with Crippen molar-refractivity contribution < 1.29 is 18.3 Å². The number of aromatic nitrogens is 1. The minimum Gasteiger partial charge on any atom is -0.474 e. The third-order valence-electron chi connectivity index (χ3n) is 4.76. The second-order valence-electron chi connectivity index (χ2n) is 6.55. The van der Waals surface area contributed by atoms with Gasteiger partial charge in [0.2, 0.25) is 5.88 Å². The largest absolute Gasteiger partial charge is 0.474 e. The van der Waals surface area contributed by atoms with Crippen LogP contribution in [0.25, 0.3) is 11.1 Å². The van der Waals surface area contributed by atoms with E-state index in [0.29, 0.717) is 23.8 Å². The molecule has 2 heterocycles. The first-order valence-corrected chi connectivity index (χ1v) is 8.20. The van der Waals surface area contributed by atoms with Crippen LogP contribution in [0.1, 0.15) is 42.2 Å². The molecule has 124 valence electrons. The van der Waals surface area contributed by atoms with Gasteiger partial charge >= 0.3 is 0 Å². The molecule has 1 fully saturated rings. The van der Waals surface area contributed by atoms with Gasteiger partial charge in [-0.1, -0.05) is 0 Å². The van der Waals surface area contributed by atoms with E-state index in [0.717, 1.165) is 30.9 Å². The van der Waals surface area contributed by atoms with Crippen molar-refractivity contribution in [3.8, 4) is 17.0 Å². The molecule has 1 aliphatic heterocycles. The highest BCUT2D eigenvalue weighted by Crippen LogP contribution is 2.42. The Kier molecular flexibility index (Phi) is 3.59. The normalized spacial score (nSPS) is 19.5. The van der Waals surface area contributed by atoms with Gasteiger partial charge in [0, 0.05) is 24.1 Å². The number of carbonyl (C=O) groups is 1. The average Bonchev–Trinajstić information content (AvgIpc) is 3.38. The highest BCUT2D eigenvalue weighted by atomic mass is 19.1. The van der Waals surface area contributed by atoms with Crippen LogP contribution in [0.4, 0.5) is 8.78 Å². The SMILES string of the molecule is CC(=O)c1cc(-c2ccc(F)cc2F)c2c(n1)O[C@H](C1CC1)CC2. The molecule has 2 aliphatic rings. The number of nitrogens with zero attached hydrogens (tertiary/aromatic N) is 1. The summed E-state index contributed by atoms with van der Waals surface area (Å²) in [5, 5.41) is 0. The van der Waals surface area contributed by atoms with Crippen LogP contribution >= 0.6 is 0 Å². The summed E-state index contributed by atoms with van der Waals surface area (Å²) in [4.78, 5) is 16.1. The molecule has 1 saturated carbocycles. The summed E-state index contributed by atoms with van der Waals surface area (Å²) in [5.41, 5.74) is 1.87. The fraction of sp³-hybridized carbons (Fsp3) is 0.368. The Morgan fingerprint density at radius 3 is 2.62 bits per heavy atom. The molecule has 1 atom stereocenters. The van der Waals surface area contributed by atoms with Crippen LogP contribution in [0, 0.1) is 17.6 Å². The quantitative estimate of drug-likeness (QED) is 0.787. The molecule has 4 rings (SSSR count). The summed E-state index contributed by atoms with van der Waals surface area (Å²) in [6.45, 7) is 1.42. The highest BCUT2D eigenvalue weighted by molar-refractivity contribution is 5.94. The van der Waals surface area contributed by atoms with Gasteiger partial charge in [-0.25, -0.2) is 13.8 Å². The molecule has 0 radical (unpaired) electrons. The van der Waals surface area contributed by atoms with Crippen molar-refractivity contribution in [2.75, 3.05) is 0 Å². The van der Waals surface area contributed by atoms with Crippen LogP contribution in [0.3, 0.4) is 0 Å². The monoisotopic (exact) mass is 329 g/mol. The number of hydrogen-bond acceptors (Lipinski definition) is 3. The molecule has 0 bridgehead atoms. The molecule has 0 spiro atoms. The number of ether oxygens (including phenoxy) is 1. The molecule has 24 heavy (non-hydrogen) atoms. The Morgan fingerprint density at radius 1 is 1.17 bits per heavy atom. The predicted molar refractivity (Wildman–Crippen MR) is 85.1 cm³/mol. The van der Waals surface area contributed by atoms with Gasteiger partial charge in [-0.2, -0.15) is 0 Å². The Balaban J connectivity index is 1.85. The molecule has 0 amide bonds. The lowest BCUT2D eigenvalue weighted by molar-refractivity contribution is 0.100. The molecule has 1 aromatic heterocycles. The predicted octanol–water partition coefficient (Wildman–Crippen LogP) is 4.33.